The van der Waals surface area contributed by atoms with Crippen molar-refractivity contribution in [3.05, 3.63) is 35.2 Å². The number of ether oxygens (including phenoxy) is 2. The number of nitriles is 1. The molecule has 2 heterocycles. The van der Waals surface area contributed by atoms with Gasteiger partial charge in [-0.3, -0.25) is 0 Å². The summed E-state index contributed by atoms with van der Waals surface area (Å²) < 4.78 is 10.5. The lowest BCUT2D eigenvalue weighted by Crippen LogP contribution is -1.97. The lowest BCUT2D eigenvalue weighted by Gasteiger charge is -2.06. The summed E-state index contributed by atoms with van der Waals surface area (Å²) in [5.41, 5.74) is 0.950. The van der Waals surface area contributed by atoms with Crippen LogP contribution in [0.1, 0.15) is 5.69 Å². The first-order valence-electron chi connectivity index (χ1n) is 5.36. The van der Waals surface area contributed by atoms with Crippen molar-refractivity contribution < 1.29 is 9.47 Å². The Bertz CT molecular complexity index is 684. The molecule has 0 saturated heterocycles. The fourth-order valence-corrected chi connectivity index (χ4v) is 1.84. The van der Waals surface area contributed by atoms with Crippen molar-refractivity contribution >= 4 is 23.1 Å². The van der Waals surface area contributed by atoms with E-state index >= 15 is 0 Å². The zero-order valence-electron chi connectivity index (χ0n) is 9.55. The van der Waals surface area contributed by atoms with Gasteiger partial charge in [0.05, 0.1) is 0 Å². The molecule has 6 nitrogen and oxygen atoms in total. The molecule has 1 aromatic heterocycles. The molecule has 0 fully saturated rings. The van der Waals surface area contributed by atoms with E-state index in [1.54, 1.807) is 12.1 Å². The Kier molecular flexibility index (Phi) is 2.82. The first-order valence-corrected chi connectivity index (χ1v) is 5.74. The number of anilines is 2. The van der Waals surface area contributed by atoms with E-state index in [-0.39, 0.29) is 17.8 Å². The first kappa shape index (κ1) is 11.6. The van der Waals surface area contributed by atoms with Crippen molar-refractivity contribution in [2.45, 2.75) is 0 Å². The highest BCUT2D eigenvalue weighted by Gasteiger charge is 2.13. The van der Waals surface area contributed by atoms with Gasteiger partial charge in [0.2, 0.25) is 12.1 Å². The molecule has 1 aliphatic heterocycles. The van der Waals surface area contributed by atoms with Crippen molar-refractivity contribution in [2.24, 2.45) is 0 Å². The van der Waals surface area contributed by atoms with Gasteiger partial charge >= 0.3 is 0 Å². The van der Waals surface area contributed by atoms with Crippen LogP contribution < -0.4 is 14.8 Å². The molecule has 94 valence electrons. The maximum absolute atomic E-state index is 8.82. The normalized spacial score (nSPS) is 12.0. The molecule has 3 rings (SSSR count). The molecule has 0 saturated carbocycles. The van der Waals surface area contributed by atoms with E-state index in [4.69, 9.17) is 26.3 Å². The highest BCUT2D eigenvalue weighted by Crippen LogP contribution is 2.34. The van der Waals surface area contributed by atoms with Crippen LogP contribution in [0.4, 0.5) is 11.5 Å². The summed E-state index contributed by atoms with van der Waals surface area (Å²) in [4.78, 5) is 7.75. The maximum atomic E-state index is 8.82. The number of nitrogens with zero attached hydrogens (tertiary/aromatic N) is 3. The van der Waals surface area contributed by atoms with E-state index in [0.29, 0.717) is 17.3 Å². The van der Waals surface area contributed by atoms with Gasteiger partial charge in [0, 0.05) is 17.8 Å². The number of benzene rings is 1. The van der Waals surface area contributed by atoms with Crippen molar-refractivity contribution in [1.82, 2.24) is 9.97 Å². The number of hydrogen-bond acceptors (Lipinski definition) is 6. The van der Waals surface area contributed by atoms with E-state index in [0.717, 1.165) is 5.69 Å². The first-order chi connectivity index (χ1) is 9.24. The number of nitrogens with one attached hydrogen (secondary N) is 1. The molecular weight excluding hydrogens is 268 g/mol. The summed E-state index contributed by atoms with van der Waals surface area (Å²) in [6.07, 6.45) is 0. The molecule has 7 heteroatoms. The van der Waals surface area contributed by atoms with Gasteiger partial charge in [-0.1, -0.05) is 0 Å². The third-order valence-electron chi connectivity index (χ3n) is 2.46. The molecule has 0 atom stereocenters. The van der Waals surface area contributed by atoms with E-state index in [2.05, 4.69) is 15.3 Å². The predicted molar refractivity (Wildman–Crippen MR) is 67.6 cm³/mol. The van der Waals surface area contributed by atoms with E-state index in [9.17, 15) is 0 Å². The Morgan fingerprint density at radius 3 is 2.89 bits per heavy atom. The Morgan fingerprint density at radius 2 is 2.05 bits per heavy atom. The van der Waals surface area contributed by atoms with Crippen LogP contribution in [-0.4, -0.2) is 16.8 Å². The minimum atomic E-state index is 0.0160. The van der Waals surface area contributed by atoms with Gasteiger partial charge in [0.25, 0.3) is 0 Å². The molecule has 0 bridgehead atoms. The molecule has 0 spiro atoms. The second-order valence-corrected chi connectivity index (χ2v) is 4.05. The van der Waals surface area contributed by atoms with E-state index < -0.39 is 0 Å². The summed E-state index contributed by atoms with van der Waals surface area (Å²) in [6.45, 7) is 0.219. The topological polar surface area (TPSA) is 80.1 Å². The van der Waals surface area contributed by atoms with E-state index in [1.807, 2.05) is 12.1 Å². The Hall–Kier alpha value is -2.52. The van der Waals surface area contributed by atoms with Gasteiger partial charge in [0.1, 0.15) is 17.6 Å². The number of rotatable bonds is 2. The molecule has 0 amide bonds. The molecule has 2 aromatic rings. The third-order valence-corrected chi connectivity index (χ3v) is 2.63. The molecule has 1 N–H and O–H groups in total. The number of hydrogen-bond donors (Lipinski definition) is 1. The van der Waals surface area contributed by atoms with Crippen molar-refractivity contribution in [3.8, 4) is 17.6 Å². The molecule has 1 aromatic carbocycles. The lowest BCUT2D eigenvalue weighted by molar-refractivity contribution is 0.174. The number of fused-ring (bicyclic) bond motifs is 1. The standard InChI is InChI=1S/C12H7ClN4O2/c13-12-16-8(5-14)4-11(17-12)15-7-1-2-9-10(3-7)19-6-18-9/h1-4H,6H2,(H,15,16,17). The van der Waals surface area contributed by atoms with Gasteiger partial charge < -0.3 is 14.8 Å². The van der Waals surface area contributed by atoms with Gasteiger partial charge in [-0.25, -0.2) is 9.97 Å². The lowest BCUT2D eigenvalue weighted by atomic mass is 10.2. The Morgan fingerprint density at radius 1 is 1.21 bits per heavy atom. The highest BCUT2D eigenvalue weighted by atomic mass is 35.5. The fourth-order valence-electron chi connectivity index (χ4n) is 1.66. The maximum Gasteiger partial charge on any atom is 0.231 e. The predicted octanol–water partition coefficient (Wildman–Crippen LogP) is 2.47. The Labute approximate surface area is 113 Å². The molecule has 0 aliphatic carbocycles. The smallest absolute Gasteiger partial charge is 0.231 e. The van der Waals surface area contributed by atoms with Crippen molar-refractivity contribution in [3.63, 3.8) is 0 Å². The SMILES string of the molecule is N#Cc1cc(Nc2ccc3c(c2)OCO3)nc(Cl)n1. The second kappa shape index (κ2) is 4.63. The average Bonchev–Trinajstić information content (AvgIpc) is 2.85. The summed E-state index contributed by atoms with van der Waals surface area (Å²) in [7, 11) is 0. The van der Waals surface area contributed by atoms with Crippen LogP contribution in [0, 0.1) is 11.3 Å². The average molecular weight is 275 g/mol. The van der Waals surface area contributed by atoms with Crippen LogP contribution in [0.3, 0.4) is 0 Å². The summed E-state index contributed by atoms with van der Waals surface area (Å²) in [5.74, 6) is 1.80. The van der Waals surface area contributed by atoms with Crippen LogP contribution in [0.25, 0.3) is 0 Å². The summed E-state index contributed by atoms with van der Waals surface area (Å²) in [5, 5.41) is 11.9. The minimum absolute atomic E-state index is 0.0160. The van der Waals surface area contributed by atoms with Gasteiger partial charge in [-0.2, -0.15) is 5.26 Å². The summed E-state index contributed by atoms with van der Waals surface area (Å²) >= 11 is 5.73. The molecule has 19 heavy (non-hydrogen) atoms. The van der Waals surface area contributed by atoms with Gasteiger partial charge in [-0.15, -0.1) is 0 Å². The zero-order valence-corrected chi connectivity index (χ0v) is 10.3. The van der Waals surface area contributed by atoms with Crippen molar-refractivity contribution in [1.29, 1.82) is 5.26 Å². The van der Waals surface area contributed by atoms with Crippen LogP contribution in [-0.2, 0) is 0 Å². The van der Waals surface area contributed by atoms with Crippen LogP contribution in [0.2, 0.25) is 5.28 Å². The Balaban J connectivity index is 1.89. The molecule has 0 unspecified atom stereocenters. The monoisotopic (exact) mass is 274 g/mol. The largest absolute Gasteiger partial charge is 0.454 e. The molecular formula is C12H7ClN4O2. The highest BCUT2D eigenvalue weighted by molar-refractivity contribution is 6.28. The van der Waals surface area contributed by atoms with Crippen molar-refractivity contribution in [2.75, 3.05) is 12.1 Å². The molecule has 0 radical (unpaired) electrons. The van der Waals surface area contributed by atoms with Crippen LogP contribution >= 0.6 is 11.6 Å². The summed E-state index contributed by atoms with van der Waals surface area (Å²) in [6, 6.07) is 8.81. The second-order valence-electron chi connectivity index (χ2n) is 3.71. The number of halogens is 1. The fraction of sp³-hybridized carbons (Fsp3) is 0.0833. The number of aromatic nitrogens is 2. The van der Waals surface area contributed by atoms with Crippen LogP contribution in [0.15, 0.2) is 24.3 Å². The van der Waals surface area contributed by atoms with E-state index in [1.165, 1.54) is 6.07 Å². The van der Waals surface area contributed by atoms with Gasteiger partial charge in [-0.05, 0) is 23.7 Å². The van der Waals surface area contributed by atoms with Gasteiger partial charge in [0.15, 0.2) is 11.5 Å². The molecule has 1 aliphatic rings. The van der Waals surface area contributed by atoms with Crippen LogP contribution in [0.5, 0.6) is 11.5 Å². The quantitative estimate of drug-likeness (QED) is 0.848. The zero-order chi connectivity index (χ0) is 13.2. The third kappa shape index (κ3) is 2.37. The minimum Gasteiger partial charge on any atom is -0.454 e.